The molecule has 0 bridgehead atoms. The fraction of sp³-hybridized carbons (Fsp3) is 0.188. The predicted octanol–water partition coefficient (Wildman–Crippen LogP) is 3.92. The summed E-state index contributed by atoms with van der Waals surface area (Å²) in [7, 11) is 0. The highest BCUT2D eigenvalue weighted by molar-refractivity contribution is 5.95. The van der Waals surface area contributed by atoms with Gasteiger partial charge in [0.25, 0.3) is 0 Å². The van der Waals surface area contributed by atoms with Crippen molar-refractivity contribution in [3.05, 3.63) is 65.0 Å². The van der Waals surface area contributed by atoms with Gasteiger partial charge in [0.1, 0.15) is 18.2 Å². The van der Waals surface area contributed by atoms with E-state index < -0.39 is 5.82 Å². The Balaban J connectivity index is 2.16. The zero-order valence-electron chi connectivity index (χ0n) is 10.9. The molecular formula is C16H15FO2. The molecule has 0 radical (unpaired) electrons. The zero-order valence-corrected chi connectivity index (χ0v) is 10.9. The van der Waals surface area contributed by atoms with E-state index >= 15 is 0 Å². The fourth-order valence-electron chi connectivity index (χ4n) is 1.98. The minimum Gasteiger partial charge on any atom is -0.489 e. The summed E-state index contributed by atoms with van der Waals surface area (Å²) in [5.41, 5.74) is 1.74. The summed E-state index contributed by atoms with van der Waals surface area (Å²) >= 11 is 0. The Hall–Kier alpha value is -2.16. The third kappa shape index (κ3) is 3.19. The van der Waals surface area contributed by atoms with Gasteiger partial charge in [-0.15, -0.1) is 0 Å². The maximum absolute atomic E-state index is 13.8. The molecule has 0 saturated carbocycles. The Labute approximate surface area is 111 Å². The van der Waals surface area contributed by atoms with Gasteiger partial charge in [0.2, 0.25) is 0 Å². The van der Waals surface area contributed by atoms with Crippen molar-refractivity contribution in [3.63, 3.8) is 0 Å². The van der Waals surface area contributed by atoms with Crippen LogP contribution in [0.5, 0.6) is 5.75 Å². The van der Waals surface area contributed by atoms with Gasteiger partial charge < -0.3 is 4.74 Å². The monoisotopic (exact) mass is 258 g/mol. The number of hydrogen-bond acceptors (Lipinski definition) is 2. The molecular weight excluding hydrogens is 243 g/mol. The molecule has 0 amide bonds. The SMILES string of the molecule is CC(=O)c1c(C)cc(OCc2ccccc2)cc1F. The van der Waals surface area contributed by atoms with Gasteiger partial charge in [0, 0.05) is 6.07 Å². The van der Waals surface area contributed by atoms with E-state index in [9.17, 15) is 9.18 Å². The molecule has 0 aliphatic heterocycles. The standard InChI is InChI=1S/C16H15FO2/c1-11-8-14(9-15(17)16(11)12(2)18)19-10-13-6-4-3-5-7-13/h3-9H,10H2,1-2H3. The Morgan fingerprint density at radius 1 is 1.21 bits per heavy atom. The molecule has 0 heterocycles. The first-order valence-corrected chi connectivity index (χ1v) is 6.05. The zero-order chi connectivity index (χ0) is 13.8. The second-order valence-corrected chi connectivity index (χ2v) is 4.43. The summed E-state index contributed by atoms with van der Waals surface area (Å²) in [6.07, 6.45) is 0. The van der Waals surface area contributed by atoms with Crippen LogP contribution < -0.4 is 4.74 Å². The van der Waals surface area contributed by atoms with Crippen LogP contribution in [-0.2, 0) is 6.61 Å². The number of carbonyl (C=O) groups excluding carboxylic acids is 1. The molecule has 19 heavy (non-hydrogen) atoms. The van der Waals surface area contributed by atoms with Crippen LogP contribution in [0.2, 0.25) is 0 Å². The quantitative estimate of drug-likeness (QED) is 0.777. The molecule has 2 aromatic carbocycles. The lowest BCUT2D eigenvalue weighted by atomic mass is 10.0. The number of hydrogen-bond donors (Lipinski definition) is 0. The van der Waals surface area contributed by atoms with Gasteiger partial charge in [-0.2, -0.15) is 0 Å². The number of benzene rings is 2. The Morgan fingerprint density at radius 3 is 2.47 bits per heavy atom. The van der Waals surface area contributed by atoms with Crippen LogP contribution in [0.15, 0.2) is 42.5 Å². The Kier molecular flexibility index (Phi) is 3.95. The van der Waals surface area contributed by atoms with Crippen LogP contribution in [0.25, 0.3) is 0 Å². The number of carbonyl (C=O) groups is 1. The van der Waals surface area contributed by atoms with Crippen molar-refractivity contribution < 1.29 is 13.9 Å². The lowest BCUT2D eigenvalue weighted by Crippen LogP contribution is -2.03. The van der Waals surface area contributed by atoms with Gasteiger partial charge in [0.05, 0.1) is 5.56 Å². The Bertz CT molecular complexity index is 568. The van der Waals surface area contributed by atoms with Crippen molar-refractivity contribution in [2.75, 3.05) is 0 Å². The number of aryl methyl sites for hydroxylation is 1. The molecule has 2 rings (SSSR count). The number of Topliss-reactive ketones (excluding diaryl/α,β-unsaturated/α-hetero) is 1. The van der Waals surface area contributed by atoms with Crippen molar-refractivity contribution >= 4 is 5.78 Å². The highest BCUT2D eigenvalue weighted by Crippen LogP contribution is 2.22. The highest BCUT2D eigenvalue weighted by Gasteiger charge is 2.12. The average molecular weight is 258 g/mol. The molecule has 0 atom stereocenters. The molecule has 0 N–H and O–H groups in total. The van der Waals surface area contributed by atoms with Crippen LogP contribution >= 0.6 is 0 Å². The Morgan fingerprint density at radius 2 is 1.89 bits per heavy atom. The molecule has 0 unspecified atom stereocenters. The van der Waals surface area contributed by atoms with E-state index in [0.29, 0.717) is 17.9 Å². The molecule has 2 nitrogen and oxygen atoms in total. The van der Waals surface area contributed by atoms with Crippen LogP contribution in [0.3, 0.4) is 0 Å². The highest BCUT2D eigenvalue weighted by atomic mass is 19.1. The van der Waals surface area contributed by atoms with E-state index in [-0.39, 0.29) is 11.3 Å². The molecule has 0 aliphatic rings. The summed E-state index contributed by atoms with van der Waals surface area (Å²) in [6, 6.07) is 12.6. The first kappa shape index (κ1) is 13.3. The summed E-state index contributed by atoms with van der Waals surface area (Å²) in [6.45, 7) is 3.43. The van der Waals surface area contributed by atoms with Crippen molar-refractivity contribution in [1.29, 1.82) is 0 Å². The van der Waals surface area contributed by atoms with Gasteiger partial charge in [-0.25, -0.2) is 4.39 Å². The van der Waals surface area contributed by atoms with E-state index in [2.05, 4.69) is 0 Å². The molecule has 98 valence electrons. The predicted molar refractivity (Wildman–Crippen MR) is 71.9 cm³/mol. The second-order valence-electron chi connectivity index (χ2n) is 4.43. The van der Waals surface area contributed by atoms with Crippen LogP contribution in [0.4, 0.5) is 4.39 Å². The van der Waals surface area contributed by atoms with Gasteiger partial charge in [-0.3, -0.25) is 4.79 Å². The molecule has 3 heteroatoms. The maximum atomic E-state index is 13.8. The van der Waals surface area contributed by atoms with E-state index in [1.165, 1.54) is 13.0 Å². The van der Waals surface area contributed by atoms with Crippen LogP contribution in [0, 0.1) is 12.7 Å². The van der Waals surface area contributed by atoms with Crippen molar-refractivity contribution in [2.45, 2.75) is 20.5 Å². The summed E-state index contributed by atoms with van der Waals surface area (Å²) in [5.74, 6) is -0.371. The van der Waals surface area contributed by atoms with Gasteiger partial charge in [-0.1, -0.05) is 30.3 Å². The fourth-order valence-corrected chi connectivity index (χ4v) is 1.98. The van der Waals surface area contributed by atoms with Crippen molar-refractivity contribution in [2.24, 2.45) is 0 Å². The maximum Gasteiger partial charge on any atom is 0.163 e. The largest absolute Gasteiger partial charge is 0.489 e. The van der Waals surface area contributed by atoms with Gasteiger partial charge in [-0.05, 0) is 31.0 Å². The molecule has 0 aromatic heterocycles. The minimum atomic E-state index is -0.532. The molecule has 2 aromatic rings. The second kappa shape index (κ2) is 5.65. The van der Waals surface area contributed by atoms with Gasteiger partial charge >= 0.3 is 0 Å². The van der Waals surface area contributed by atoms with E-state index in [1.54, 1.807) is 13.0 Å². The van der Waals surface area contributed by atoms with E-state index in [1.807, 2.05) is 30.3 Å². The topological polar surface area (TPSA) is 26.3 Å². The molecule has 0 saturated heterocycles. The number of ketones is 1. The average Bonchev–Trinajstić information content (AvgIpc) is 2.36. The first-order valence-electron chi connectivity index (χ1n) is 6.05. The van der Waals surface area contributed by atoms with Crippen molar-refractivity contribution in [1.82, 2.24) is 0 Å². The normalized spacial score (nSPS) is 10.3. The van der Waals surface area contributed by atoms with E-state index in [4.69, 9.17) is 4.74 Å². The minimum absolute atomic E-state index is 0.132. The molecule has 0 spiro atoms. The summed E-state index contributed by atoms with van der Waals surface area (Å²) in [4.78, 5) is 11.3. The van der Waals surface area contributed by atoms with E-state index in [0.717, 1.165) is 5.56 Å². The number of rotatable bonds is 4. The lowest BCUT2D eigenvalue weighted by Gasteiger charge is -2.10. The van der Waals surface area contributed by atoms with Gasteiger partial charge in [0.15, 0.2) is 5.78 Å². The number of ether oxygens (including phenoxy) is 1. The van der Waals surface area contributed by atoms with Crippen molar-refractivity contribution in [3.8, 4) is 5.75 Å². The smallest absolute Gasteiger partial charge is 0.163 e. The van der Waals surface area contributed by atoms with Crippen LogP contribution in [0.1, 0.15) is 28.4 Å². The first-order chi connectivity index (χ1) is 9.08. The third-order valence-electron chi connectivity index (χ3n) is 2.86. The number of halogens is 1. The summed E-state index contributed by atoms with van der Waals surface area (Å²) in [5, 5.41) is 0. The molecule has 0 fully saturated rings. The summed E-state index contributed by atoms with van der Waals surface area (Å²) < 4.78 is 19.3. The third-order valence-corrected chi connectivity index (χ3v) is 2.86. The van der Waals surface area contributed by atoms with Crippen LogP contribution in [-0.4, -0.2) is 5.78 Å². The lowest BCUT2D eigenvalue weighted by molar-refractivity contribution is 0.101. The molecule has 0 aliphatic carbocycles.